The molecular weight excluding hydrogens is 352 g/mol. The second-order valence-electron chi connectivity index (χ2n) is 7.55. The number of carbonyl (C=O) groups is 1. The van der Waals surface area contributed by atoms with Crippen LogP contribution in [0.2, 0.25) is 0 Å². The van der Waals surface area contributed by atoms with Crippen LogP contribution in [0.4, 0.5) is 5.82 Å². The number of amides is 1. The van der Waals surface area contributed by atoms with Crippen LogP contribution in [0.25, 0.3) is 22.0 Å². The molecule has 0 aromatic carbocycles. The first-order valence-electron chi connectivity index (χ1n) is 9.74. The summed E-state index contributed by atoms with van der Waals surface area (Å²) in [6.07, 6.45) is 7.33. The maximum absolute atomic E-state index is 13.0. The molecule has 1 fully saturated rings. The zero-order valence-corrected chi connectivity index (χ0v) is 16.5. The summed E-state index contributed by atoms with van der Waals surface area (Å²) in [5, 5.41) is 3.69. The molecule has 0 unspecified atom stereocenters. The van der Waals surface area contributed by atoms with Crippen LogP contribution in [0.5, 0.6) is 0 Å². The van der Waals surface area contributed by atoms with Gasteiger partial charge in [0.25, 0.3) is 5.56 Å². The van der Waals surface area contributed by atoms with Crippen LogP contribution in [0.15, 0.2) is 35.4 Å². The largest absolute Gasteiger partial charge is 0.311 e. The Morgan fingerprint density at radius 2 is 1.96 bits per heavy atom. The molecule has 0 aliphatic heterocycles. The summed E-state index contributed by atoms with van der Waals surface area (Å²) >= 11 is 0. The van der Waals surface area contributed by atoms with Gasteiger partial charge in [-0.2, -0.15) is 0 Å². The molecule has 1 saturated carbocycles. The average Bonchev–Trinajstić information content (AvgIpc) is 3.51. The normalized spacial score (nSPS) is 13.7. The first-order valence-corrected chi connectivity index (χ1v) is 9.74. The molecule has 0 bridgehead atoms. The highest BCUT2D eigenvalue weighted by Crippen LogP contribution is 2.30. The van der Waals surface area contributed by atoms with Gasteiger partial charge in [0.15, 0.2) is 0 Å². The number of hydrogen-bond donors (Lipinski definition) is 1. The number of aromatic nitrogens is 3. The van der Waals surface area contributed by atoms with Gasteiger partial charge in [0.1, 0.15) is 5.82 Å². The lowest BCUT2D eigenvalue weighted by atomic mass is 10.0. The van der Waals surface area contributed by atoms with Crippen molar-refractivity contribution in [2.45, 2.75) is 39.5 Å². The Morgan fingerprint density at radius 1 is 1.18 bits per heavy atom. The summed E-state index contributed by atoms with van der Waals surface area (Å²) < 4.78 is 1.61. The van der Waals surface area contributed by atoms with E-state index in [0.717, 1.165) is 53.4 Å². The van der Waals surface area contributed by atoms with Crippen LogP contribution in [0.1, 0.15) is 37.4 Å². The fraction of sp³-hybridized carbons (Fsp3) is 0.364. The fourth-order valence-corrected chi connectivity index (χ4v) is 3.49. The SMILES string of the molecule is CCCc1cc(C)c(-c2cc3cnc(NC(=O)C4CC4)cc3n(C)c2=O)cn1. The number of nitrogens with one attached hydrogen (secondary N) is 1. The summed E-state index contributed by atoms with van der Waals surface area (Å²) in [7, 11) is 1.74. The van der Waals surface area contributed by atoms with Crippen molar-refractivity contribution in [1.82, 2.24) is 14.5 Å². The van der Waals surface area contributed by atoms with E-state index in [1.54, 1.807) is 30.1 Å². The van der Waals surface area contributed by atoms with E-state index in [2.05, 4.69) is 28.3 Å². The Kier molecular flexibility index (Phi) is 4.71. The van der Waals surface area contributed by atoms with E-state index < -0.39 is 0 Å². The zero-order valence-electron chi connectivity index (χ0n) is 16.5. The smallest absolute Gasteiger partial charge is 0.258 e. The van der Waals surface area contributed by atoms with E-state index in [1.165, 1.54) is 0 Å². The molecule has 6 nitrogen and oxygen atoms in total. The molecule has 0 radical (unpaired) electrons. The van der Waals surface area contributed by atoms with Crippen molar-refractivity contribution in [3.63, 3.8) is 0 Å². The Morgan fingerprint density at radius 3 is 2.64 bits per heavy atom. The van der Waals surface area contributed by atoms with Crippen LogP contribution >= 0.6 is 0 Å². The minimum atomic E-state index is -0.0914. The molecule has 28 heavy (non-hydrogen) atoms. The topological polar surface area (TPSA) is 76.9 Å². The highest BCUT2D eigenvalue weighted by molar-refractivity contribution is 5.95. The van der Waals surface area contributed by atoms with E-state index in [0.29, 0.717) is 11.4 Å². The second-order valence-corrected chi connectivity index (χ2v) is 7.55. The highest BCUT2D eigenvalue weighted by Gasteiger charge is 2.29. The summed E-state index contributed by atoms with van der Waals surface area (Å²) in [5.74, 6) is 0.589. The predicted molar refractivity (Wildman–Crippen MR) is 110 cm³/mol. The minimum Gasteiger partial charge on any atom is -0.311 e. The van der Waals surface area contributed by atoms with Gasteiger partial charge in [-0.1, -0.05) is 13.3 Å². The molecule has 3 aromatic heterocycles. The van der Waals surface area contributed by atoms with Gasteiger partial charge in [-0.15, -0.1) is 0 Å². The maximum Gasteiger partial charge on any atom is 0.258 e. The Balaban J connectivity index is 1.75. The summed E-state index contributed by atoms with van der Waals surface area (Å²) in [6.45, 7) is 4.13. The molecule has 1 amide bonds. The van der Waals surface area contributed by atoms with Crippen molar-refractivity contribution in [1.29, 1.82) is 0 Å². The van der Waals surface area contributed by atoms with Gasteiger partial charge < -0.3 is 9.88 Å². The van der Waals surface area contributed by atoms with Crippen molar-refractivity contribution in [3.05, 3.63) is 52.2 Å². The quantitative estimate of drug-likeness (QED) is 0.738. The molecule has 144 valence electrons. The average molecular weight is 376 g/mol. The summed E-state index contributed by atoms with van der Waals surface area (Å²) in [5.41, 5.74) is 4.18. The number of nitrogens with zero attached hydrogens (tertiary/aromatic N) is 3. The standard InChI is InChI=1S/C22H24N4O2/c1-4-5-16-8-13(2)18(12-23-16)17-9-15-11-24-20(25-21(27)14-6-7-14)10-19(15)26(3)22(17)28/h8-12,14H,4-7H2,1-3H3,(H,24,25,27). The lowest BCUT2D eigenvalue weighted by Crippen LogP contribution is -2.20. The third-order valence-corrected chi connectivity index (χ3v) is 5.27. The van der Waals surface area contributed by atoms with Gasteiger partial charge in [0.2, 0.25) is 5.91 Å². The third kappa shape index (κ3) is 3.42. The van der Waals surface area contributed by atoms with Gasteiger partial charge in [-0.05, 0) is 43.9 Å². The molecule has 4 rings (SSSR count). The van der Waals surface area contributed by atoms with Crippen LogP contribution in [0, 0.1) is 12.8 Å². The molecule has 0 spiro atoms. The molecule has 3 heterocycles. The first kappa shape index (κ1) is 18.3. The van der Waals surface area contributed by atoms with Gasteiger partial charge >= 0.3 is 0 Å². The van der Waals surface area contributed by atoms with Crippen molar-refractivity contribution in [2.24, 2.45) is 13.0 Å². The van der Waals surface area contributed by atoms with Gasteiger partial charge in [-0.25, -0.2) is 4.98 Å². The summed E-state index contributed by atoms with van der Waals surface area (Å²) in [4.78, 5) is 33.9. The van der Waals surface area contributed by atoms with E-state index in [9.17, 15) is 9.59 Å². The van der Waals surface area contributed by atoms with E-state index in [-0.39, 0.29) is 17.4 Å². The molecule has 1 aliphatic rings. The van der Waals surface area contributed by atoms with E-state index >= 15 is 0 Å². The lowest BCUT2D eigenvalue weighted by molar-refractivity contribution is -0.117. The lowest BCUT2D eigenvalue weighted by Gasteiger charge is -2.12. The molecule has 0 atom stereocenters. The Labute approximate surface area is 163 Å². The first-order chi connectivity index (χ1) is 13.5. The van der Waals surface area contributed by atoms with Gasteiger partial charge in [0, 0.05) is 53.6 Å². The number of aryl methyl sites for hydroxylation is 3. The van der Waals surface area contributed by atoms with E-state index in [4.69, 9.17) is 0 Å². The molecular formula is C22H24N4O2. The highest BCUT2D eigenvalue weighted by atomic mass is 16.2. The number of fused-ring (bicyclic) bond motifs is 1. The van der Waals surface area contributed by atoms with E-state index in [1.807, 2.05) is 13.0 Å². The fourth-order valence-electron chi connectivity index (χ4n) is 3.49. The van der Waals surface area contributed by atoms with Crippen LogP contribution in [0.3, 0.4) is 0 Å². The number of pyridine rings is 3. The van der Waals surface area contributed by atoms with Crippen molar-refractivity contribution in [3.8, 4) is 11.1 Å². The Bertz CT molecular complexity index is 1130. The maximum atomic E-state index is 13.0. The number of rotatable bonds is 5. The van der Waals surface area contributed by atoms with Crippen LogP contribution in [-0.4, -0.2) is 20.4 Å². The van der Waals surface area contributed by atoms with Crippen LogP contribution in [-0.2, 0) is 18.3 Å². The molecule has 6 heteroatoms. The Hall–Kier alpha value is -3.02. The monoisotopic (exact) mass is 376 g/mol. The van der Waals surface area contributed by atoms with Crippen molar-refractivity contribution >= 4 is 22.6 Å². The predicted octanol–water partition coefficient (Wildman–Crippen LogP) is 3.60. The molecule has 1 aliphatic carbocycles. The summed E-state index contributed by atoms with van der Waals surface area (Å²) in [6, 6.07) is 5.67. The number of hydrogen-bond acceptors (Lipinski definition) is 4. The molecule has 1 N–H and O–H groups in total. The zero-order chi connectivity index (χ0) is 19.8. The minimum absolute atomic E-state index is 0.00217. The van der Waals surface area contributed by atoms with Crippen molar-refractivity contribution in [2.75, 3.05) is 5.32 Å². The third-order valence-electron chi connectivity index (χ3n) is 5.27. The van der Waals surface area contributed by atoms with Gasteiger partial charge in [0.05, 0.1) is 5.52 Å². The molecule has 3 aromatic rings. The second kappa shape index (κ2) is 7.19. The number of anilines is 1. The molecule has 0 saturated heterocycles. The van der Waals surface area contributed by atoms with Gasteiger partial charge in [-0.3, -0.25) is 14.6 Å². The van der Waals surface area contributed by atoms with Crippen LogP contribution < -0.4 is 10.9 Å². The van der Waals surface area contributed by atoms with Crippen molar-refractivity contribution < 1.29 is 4.79 Å². The number of carbonyl (C=O) groups excluding carboxylic acids is 1.